The molecule has 4 aliphatic rings. The van der Waals surface area contributed by atoms with E-state index >= 15 is 0 Å². The summed E-state index contributed by atoms with van der Waals surface area (Å²) in [6.45, 7) is 9.92. The summed E-state index contributed by atoms with van der Waals surface area (Å²) in [4.78, 5) is 11.5. The lowest BCUT2D eigenvalue weighted by Gasteiger charge is -2.54. The molecule has 0 aromatic rings. The van der Waals surface area contributed by atoms with Gasteiger partial charge in [-0.25, -0.2) is 0 Å². The first-order valence-corrected chi connectivity index (χ1v) is 12.7. The molecule has 0 amide bonds. The molecule has 3 saturated carbocycles. The zero-order valence-electron chi connectivity index (χ0n) is 19.3. The van der Waals surface area contributed by atoms with Crippen LogP contribution < -0.4 is 0 Å². The second-order valence-corrected chi connectivity index (χ2v) is 11.9. The van der Waals surface area contributed by atoms with Crippen LogP contribution >= 0.6 is 0 Å². The Morgan fingerprint density at radius 3 is 2.62 bits per heavy atom. The van der Waals surface area contributed by atoms with Crippen molar-refractivity contribution in [2.45, 2.75) is 98.3 Å². The molecular weight excluding hydrogens is 356 g/mol. The number of rotatable bonds is 6. The molecule has 4 aliphatic carbocycles. The van der Waals surface area contributed by atoms with E-state index in [2.05, 4.69) is 33.8 Å². The van der Waals surface area contributed by atoms with Gasteiger partial charge in [-0.3, -0.25) is 4.79 Å². The third-order valence-corrected chi connectivity index (χ3v) is 10.00. The first-order chi connectivity index (χ1) is 13.8. The highest BCUT2D eigenvalue weighted by Crippen LogP contribution is 2.65. The quantitative estimate of drug-likeness (QED) is 0.474. The minimum atomic E-state index is -0.576. The van der Waals surface area contributed by atoms with Gasteiger partial charge in [0.15, 0.2) is 0 Å². The van der Waals surface area contributed by atoms with Gasteiger partial charge < -0.3 is 5.11 Å². The van der Waals surface area contributed by atoms with Gasteiger partial charge in [0.2, 0.25) is 0 Å². The van der Waals surface area contributed by atoms with Gasteiger partial charge in [0.1, 0.15) is 0 Å². The summed E-state index contributed by atoms with van der Waals surface area (Å²) in [6, 6.07) is 0. The molecule has 29 heavy (non-hydrogen) atoms. The Hall–Kier alpha value is -0.790. The molecule has 0 radical (unpaired) electrons. The number of carbonyl (C=O) groups is 1. The van der Waals surface area contributed by atoms with Crippen LogP contribution in [0.15, 0.2) is 11.6 Å². The van der Waals surface area contributed by atoms with Crippen molar-refractivity contribution in [2.75, 3.05) is 0 Å². The van der Waals surface area contributed by atoms with Crippen molar-refractivity contribution in [2.24, 2.45) is 52.8 Å². The van der Waals surface area contributed by atoms with Gasteiger partial charge in [0.05, 0.1) is 5.92 Å². The predicted molar refractivity (Wildman–Crippen MR) is 120 cm³/mol. The normalized spacial score (nSPS) is 42.6. The number of allylic oxidation sites excluding steroid dienone is 2. The molecule has 1 N–H and O–H groups in total. The van der Waals surface area contributed by atoms with E-state index in [0.29, 0.717) is 11.3 Å². The topological polar surface area (TPSA) is 37.3 Å². The molecule has 4 rings (SSSR count). The lowest BCUT2D eigenvalue weighted by Crippen LogP contribution is -2.47. The molecule has 2 nitrogen and oxygen atoms in total. The lowest BCUT2D eigenvalue weighted by atomic mass is 9.50. The Morgan fingerprint density at radius 1 is 1.10 bits per heavy atom. The van der Waals surface area contributed by atoms with E-state index in [0.717, 1.165) is 54.8 Å². The van der Waals surface area contributed by atoms with E-state index in [9.17, 15) is 9.90 Å². The highest BCUT2D eigenvalue weighted by molar-refractivity contribution is 5.70. The van der Waals surface area contributed by atoms with Crippen molar-refractivity contribution >= 4 is 5.97 Å². The van der Waals surface area contributed by atoms with Gasteiger partial charge in [-0.05, 0) is 98.2 Å². The van der Waals surface area contributed by atoms with Crippen LogP contribution in [0.3, 0.4) is 0 Å². The number of hydrogen-bond acceptors (Lipinski definition) is 1. The van der Waals surface area contributed by atoms with Crippen molar-refractivity contribution in [1.82, 2.24) is 0 Å². The van der Waals surface area contributed by atoms with Crippen molar-refractivity contribution < 1.29 is 9.90 Å². The highest BCUT2D eigenvalue weighted by atomic mass is 16.4. The van der Waals surface area contributed by atoms with E-state index in [1.165, 1.54) is 56.9 Å². The summed E-state index contributed by atoms with van der Waals surface area (Å²) in [5.74, 6) is 5.27. The number of hydrogen-bond donors (Lipinski definition) is 1. The second-order valence-electron chi connectivity index (χ2n) is 11.9. The van der Waals surface area contributed by atoms with E-state index in [-0.39, 0.29) is 5.92 Å². The van der Waals surface area contributed by atoms with Crippen molar-refractivity contribution in [3.8, 4) is 0 Å². The first kappa shape index (κ1) is 21.4. The minimum absolute atomic E-state index is 0.120. The Morgan fingerprint density at radius 2 is 1.90 bits per heavy atom. The molecule has 3 fully saturated rings. The SMILES string of the molecule is CC(C)CCC[C@H](C)[C@@H]1CC[C@@H]2[C@@H]3CC=C4C[C@H](C(=O)O)CC[C@@H]4[C@H]3CC[C@@]21C. The van der Waals surface area contributed by atoms with Crippen LogP contribution in [0, 0.1) is 52.8 Å². The molecule has 8 atom stereocenters. The fourth-order valence-corrected chi connectivity index (χ4v) is 8.51. The number of aliphatic carboxylic acids is 1. The summed E-state index contributed by atoms with van der Waals surface area (Å²) in [5.41, 5.74) is 2.08. The van der Waals surface area contributed by atoms with Gasteiger partial charge in [-0.1, -0.05) is 58.6 Å². The molecule has 164 valence electrons. The maximum Gasteiger partial charge on any atom is 0.306 e. The largest absolute Gasteiger partial charge is 0.481 e. The van der Waals surface area contributed by atoms with Crippen LogP contribution in [0.2, 0.25) is 0 Å². The maximum absolute atomic E-state index is 11.5. The third kappa shape index (κ3) is 3.94. The van der Waals surface area contributed by atoms with Gasteiger partial charge in [0.25, 0.3) is 0 Å². The molecular formula is C27H44O2. The van der Waals surface area contributed by atoms with Crippen LogP contribution in [0.25, 0.3) is 0 Å². The molecule has 0 saturated heterocycles. The van der Waals surface area contributed by atoms with Crippen LogP contribution in [0.1, 0.15) is 98.3 Å². The zero-order chi connectivity index (χ0) is 20.8. The zero-order valence-corrected chi connectivity index (χ0v) is 19.3. The Balaban J connectivity index is 1.44. The molecule has 2 heteroatoms. The summed E-state index contributed by atoms with van der Waals surface area (Å²) >= 11 is 0. The summed E-state index contributed by atoms with van der Waals surface area (Å²) < 4.78 is 0. The Kier molecular flexibility index (Phi) is 6.20. The minimum Gasteiger partial charge on any atom is -0.481 e. The van der Waals surface area contributed by atoms with Crippen LogP contribution in [-0.4, -0.2) is 11.1 Å². The van der Waals surface area contributed by atoms with E-state index in [4.69, 9.17) is 0 Å². The van der Waals surface area contributed by atoms with E-state index in [1.54, 1.807) is 0 Å². The molecule has 0 heterocycles. The fourth-order valence-electron chi connectivity index (χ4n) is 8.51. The van der Waals surface area contributed by atoms with Crippen molar-refractivity contribution in [3.63, 3.8) is 0 Å². The first-order valence-electron chi connectivity index (χ1n) is 12.7. The van der Waals surface area contributed by atoms with E-state index in [1.807, 2.05) is 0 Å². The monoisotopic (exact) mass is 400 g/mol. The van der Waals surface area contributed by atoms with E-state index < -0.39 is 5.97 Å². The molecule has 0 aromatic carbocycles. The Bertz CT molecular complexity index is 634. The number of carboxylic acid groups (broad SMARTS) is 1. The van der Waals surface area contributed by atoms with Gasteiger partial charge >= 0.3 is 5.97 Å². The summed E-state index contributed by atoms with van der Waals surface area (Å²) in [5, 5.41) is 9.46. The average molecular weight is 401 g/mol. The molecule has 0 unspecified atom stereocenters. The van der Waals surface area contributed by atoms with Gasteiger partial charge in [0, 0.05) is 0 Å². The maximum atomic E-state index is 11.5. The number of fused-ring (bicyclic) bond motifs is 5. The van der Waals surface area contributed by atoms with Gasteiger partial charge in [-0.15, -0.1) is 0 Å². The van der Waals surface area contributed by atoms with Crippen LogP contribution in [0.4, 0.5) is 0 Å². The highest BCUT2D eigenvalue weighted by Gasteiger charge is 2.56. The van der Waals surface area contributed by atoms with Crippen LogP contribution in [-0.2, 0) is 4.79 Å². The van der Waals surface area contributed by atoms with Crippen molar-refractivity contribution in [1.29, 1.82) is 0 Å². The van der Waals surface area contributed by atoms with Crippen LogP contribution in [0.5, 0.6) is 0 Å². The lowest BCUT2D eigenvalue weighted by molar-refractivity contribution is -0.142. The number of carboxylic acids is 1. The summed E-state index contributed by atoms with van der Waals surface area (Å²) in [7, 11) is 0. The third-order valence-electron chi connectivity index (χ3n) is 10.00. The van der Waals surface area contributed by atoms with Crippen molar-refractivity contribution in [3.05, 3.63) is 11.6 Å². The standard InChI is InChI=1S/C27H44O2/c1-17(2)6-5-7-18(3)24-12-13-25-23-11-8-19-16-20(26(28)29)9-10-21(19)22(23)14-15-27(24,25)4/h8,17-18,20-25H,5-7,9-16H2,1-4H3,(H,28,29)/t18-,20+,21-,22+,23+,24-,25+,27+/m0/s1. The molecule has 0 spiro atoms. The molecule has 0 aromatic heterocycles. The van der Waals surface area contributed by atoms with Gasteiger partial charge in [-0.2, -0.15) is 0 Å². The molecule has 0 aliphatic heterocycles. The summed E-state index contributed by atoms with van der Waals surface area (Å²) in [6.07, 6.45) is 16.5. The second kappa shape index (κ2) is 8.39. The molecule has 0 bridgehead atoms. The fraction of sp³-hybridized carbons (Fsp3) is 0.889. The average Bonchev–Trinajstić information content (AvgIpc) is 3.04. The smallest absolute Gasteiger partial charge is 0.306 e. The Labute approximate surface area is 178 Å². The predicted octanol–water partition coefficient (Wildman–Crippen LogP) is 7.34.